The van der Waals surface area contributed by atoms with E-state index in [2.05, 4.69) is 25.5 Å². The van der Waals surface area contributed by atoms with E-state index in [0.29, 0.717) is 5.39 Å². The van der Waals surface area contributed by atoms with E-state index in [1.807, 2.05) is 25.1 Å². The first-order valence-electron chi connectivity index (χ1n) is 8.03. The zero-order valence-electron chi connectivity index (χ0n) is 13.4. The predicted octanol–water partition coefficient (Wildman–Crippen LogP) is 2.38. The monoisotopic (exact) mass is 322 g/mol. The van der Waals surface area contributed by atoms with Gasteiger partial charge >= 0.3 is 0 Å². The minimum Gasteiger partial charge on any atom is -0.364 e. The van der Waals surface area contributed by atoms with Crippen LogP contribution in [0.15, 0.2) is 18.2 Å². The largest absolute Gasteiger partial charge is 0.364 e. The Hall–Kier alpha value is -2.96. The molecule has 1 aliphatic carbocycles. The number of nitrogens with two attached hydrogens (primary N) is 1. The van der Waals surface area contributed by atoms with Crippen LogP contribution in [0.5, 0.6) is 0 Å². The third-order valence-corrected chi connectivity index (χ3v) is 4.35. The topological polar surface area (TPSA) is 110 Å². The fraction of sp³-hybridized carbons (Fsp3) is 0.294. The van der Waals surface area contributed by atoms with E-state index < -0.39 is 5.91 Å². The number of aromatic amines is 1. The molecule has 4 N–H and O–H groups in total. The number of carbonyl (C=O) groups is 1. The average Bonchev–Trinajstić information content (AvgIpc) is 2.98. The van der Waals surface area contributed by atoms with Crippen molar-refractivity contribution in [2.75, 3.05) is 5.32 Å². The zero-order chi connectivity index (χ0) is 16.7. The molecule has 2 aromatic heterocycles. The molecule has 1 amide bonds. The molecule has 1 aromatic carbocycles. The van der Waals surface area contributed by atoms with Gasteiger partial charge in [0.2, 0.25) is 0 Å². The predicted molar refractivity (Wildman–Crippen MR) is 91.3 cm³/mol. The SMILES string of the molecule is Cc1nc2c(c(Nc3ccc4[nH]nc(C(N)=O)c4c3)n1)CCCC2. The van der Waals surface area contributed by atoms with Crippen LogP contribution in [0.2, 0.25) is 0 Å². The van der Waals surface area contributed by atoms with Crippen molar-refractivity contribution in [3.63, 3.8) is 0 Å². The Morgan fingerprint density at radius 3 is 2.92 bits per heavy atom. The zero-order valence-corrected chi connectivity index (χ0v) is 13.4. The first-order chi connectivity index (χ1) is 11.6. The second kappa shape index (κ2) is 5.59. The number of fused-ring (bicyclic) bond motifs is 2. The highest BCUT2D eigenvalue weighted by atomic mass is 16.1. The van der Waals surface area contributed by atoms with E-state index in [1.165, 1.54) is 12.0 Å². The standard InChI is InChI=1S/C17H18N6O/c1-9-19-13-5-3-2-4-11(13)17(20-9)21-10-6-7-14-12(8-10)15(16(18)24)23-22-14/h6-8H,2-5H2,1H3,(H2,18,24)(H,22,23)(H,19,20,21). The van der Waals surface area contributed by atoms with Crippen molar-refractivity contribution in [3.8, 4) is 0 Å². The van der Waals surface area contributed by atoms with Crippen molar-refractivity contribution in [1.82, 2.24) is 20.2 Å². The number of nitrogens with zero attached hydrogens (tertiary/aromatic N) is 3. The normalized spacial score (nSPS) is 13.7. The van der Waals surface area contributed by atoms with Crippen molar-refractivity contribution in [3.05, 3.63) is 41.0 Å². The number of H-pyrrole nitrogens is 1. The molecule has 122 valence electrons. The molecule has 7 nitrogen and oxygen atoms in total. The number of primary amides is 1. The molecule has 0 unspecified atom stereocenters. The number of benzene rings is 1. The number of aryl methyl sites for hydroxylation is 2. The number of hydrogen-bond acceptors (Lipinski definition) is 5. The van der Waals surface area contributed by atoms with Gasteiger partial charge in [0.05, 0.1) is 5.52 Å². The lowest BCUT2D eigenvalue weighted by molar-refractivity contribution is 0.0997. The number of carbonyl (C=O) groups excluding carboxylic acids is 1. The van der Waals surface area contributed by atoms with Crippen LogP contribution in [-0.4, -0.2) is 26.1 Å². The van der Waals surface area contributed by atoms with Gasteiger partial charge in [0, 0.05) is 22.3 Å². The number of hydrogen-bond donors (Lipinski definition) is 3. The highest BCUT2D eigenvalue weighted by Crippen LogP contribution is 2.29. The van der Waals surface area contributed by atoms with Gasteiger partial charge < -0.3 is 11.1 Å². The molecule has 0 saturated heterocycles. The Morgan fingerprint density at radius 2 is 2.08 bits per heavy atom. The Morgan fingerprint density at radius 1 is 1.25 bits per heavy atom. The van der Waals surface area contributed by atoms with Crippen LogP contribution >= 0.6 is 0 Å². The molecule has 1 aliphatic rings. The molecular weight excluding hydrogens is 304 g/mol. The van der Waals surface area contributed by atoms with Crippen molar-refractivity contribution >= 4 is 28.3 Å². The number of anilines is 2. The van der Waals surface area contributed by atoms with Crippen LogP contribution in [0.3, 0.4) is 0 Å². The van der Waals surface area contributed by atoms with E-state index in [4.69, 9.17) is 5.73 Å². The van der Waals surface area contributed by atoms with Crippen molar-refractivity contribution in [2.45, 2.75) is 32.6 Å². The second-order valence-electron chi connectivity index (χ2n) is 6.07. The molecule has 24 heavy (non-hydrogen) atoms. The van der Waals surface area contributed by atoms with Crippen LogP contribution in [0.25, 0.3) is 10.9 Å². The first-order valence-corrected chi connectivity index (χ1v) is 8.03. The summed E-state index contributed by atoms with van der Waals surface area (Å²) in [5.74, 6) is 1.06. The summed E-state index contributed by atoms with van der Waals surface area (Å²) in [6.45, 7) is 1.91. The Bertz CT molecular complexity index is 946. The summed E-state index contributed by atoms with van der Waals surface area (Å²) in [6.07, 6.45) is 4.31. The maximum atomic E-state index is 11.5. The highest BCUT2D eigenvalue weighted by molar-refractivity contribution is 6.04. The molecule has 0 aliphatic heterocycles. The molecule has 2 heterocycles. The van der Waals surface area contributed by atoms with E-state index in [1.54, 1.807) is 0 Å². The van der Waals surface area contributed by atoms with Gasteiger partial charge in [-0.3, -0.25) is 9.89 Å². The Kier molecular flexibility index (Phi) is 3.41. The van der Waals surface area contributed by atoms with Gasteiger partial charge in [0.25, 0.3) is 5.91 Å². The van der Waals surface area contributed by atoms with Crippen molar-refractivity contribution in [2.24, 2.45) is 5.73 Å². The van der Waals surface area contributed by atoms with Crippen LogP contribution < -0.4 is 11.1 Å². The quantitative estimate of drug-likeness (QED) is 0.686. The number of nitrogens with one attached hydrogen (secondary N) is 2. The molecule has 0 atom stereocenters. The van der Waals surface area contributed by atoms with E-state index >= 15 is 0 Å². The summed E-state index contributed by atoms with van der Waals surface area (Å²) in [6, 6.07) is 5.67. The van der Waals surface area contributed by atoms with Gasteiger partial charge in [0.1, 0.15) is 11.6 Å². The van der Waals surface area contributed by atoms with Gasteiger partial charge in [-0.25, -0.2) is 9.97 Å². The Balaban J connectivity index is 1.76. The third kappa shape index (κ3) is 2.47. The summed E-state index contributed by atoms with van der Waals surface area (Å²) in [4.78, 5) is 20.6. The summed E-state index contributed by atoms with van der Waals surface area (Å²) < 4.78 is 0. The highest BCUT2D eigenvalue weighted by Gasteiger charge is 2.17. The van der Waals surface area contributed by atoms with E-state index in [0.717, 1.165) is 47.8 Å². The maximum Gasteiger partial charge on any atom is 0.269 e. The van der Waals surface area contributed by atoms with E-state index in [9.17, 15) is 4.79 Å². The summed E-state index contributed by atoms with van der Waals surface area (Å²) in [7, 11) is 0. The van der Waals surface area contributed by atoms with E-state index in [-0.39, 0.29) is 5.69 Å². The summed E-state index contributed by atoms with van der Waals surface area (Å²) in [5.41, 5.74) is 9.57. The average molecular weight is 322 g/mol. The number of aromatic nitrogens is 4. The van der Waals surface area contributed by atoms with Crippen LogP contribution in [0.4, 0.5) is 11.5 Å². The van der Waals surface area contributed by atoms with Crippen LogP contribution in [0.1, 0.15) is 40.4 Å². The minimum absolute atomic E-state index is 0.245. The van der Waals surface area contributed by atoms with Gasteiger partial charge in [-0.05, 0) is 50.8 Å². The molecule has 4 rings (SSSR count). The third-order valence-electron chi connectivity index (χ3n) is 4.35. The van der Waals surface area contributed by atoms with Crippen LogP contribution in [0, 0.1) is 6.92 Å². The lowest BCUT2D eigenvalue weighted by Gasteiger charge is -2.19. The fourth-order valence-corrected chi connectivity index (χ4v) is 3.24. The lowest BCUT2D eigenvalue weighted by atomic mass is 9.96. The minimum atomic E-state index is -0.548. The molecule has 0 bridgehead atoms. The first kappa shape index (κ1) is 14.6. The Labute approximate surface area is 138 Å². The molecule has 7 heteroatoms. The molecular formula is C17H18N6O. The van der Waals surface area contributed by atoms with Crippen molar-refractivity contribution in [1.29, 1.82) is 0 Å². The summed E-state index contributed by atoms with van der Waals surface area (Å²) >= 11 is 0. The molecule has 0 fully saturated rings. The van der Waals surface area contributed by atoms with Crippen LogP contribution in [-0.2, 0) is 12.8 Å². The van der Waals surface area contributed by atoms with Gasteiger partial charge in [0.15, 0.2) is 5.69 Å². The maximum absolute atomic E-state index is 11.5. The summed E-state index contributed by atoms with van der Waals surface area (Å²) in [5, 5.41) is 10.9. The number of rotatable bonds is 3. The van der Waals surface area contributed by atoms with Gasteiger partial charge in [-0.2, -0.15) is 5.10 Å². The van der Waals surface area contributed by atoms with Gasteiger partial charge in [-0.15, -0.1) is 0 Å². The van der Waals surface area contributed by atoms with Crippen molar-refractivity contribution < 1.29 is 4.79 Å². The number of amides is 1. The molecule has 0 radical (unpaired) electrons. The molecule has 3 aromatic rings. The second-order valence-corrected chi connectivity index (χ2v) is 6.07. The molecule has 0 saturated carbocycles. The smallest absolute Gasteiger partial charge is 0.269 e. The molecule has 0 spiro atoms. The fourth-order valence-electron chi connectivity index (χ4n) is 3.24. The van der Waals surface area contributed by atoms with Gasteiger partial charge in [-0.1, -0.05) is 0 Å². The lowest BCUT2D eigenvalue weighted by Crippen LogP contribution is -2.12.